The Kier molecular flexibility index (Phi) is 15.2. The molecule has 0 radical (unpaired) electrons. The van der Waals surface area contributed by atoms with Crippen molar-refractivity contribution in [3.8, 4) is 0 Å². The summed E-state index contributed by atoms with van der Waals surface area (Å²) in [5.41, 5.74) is 0. The molecule has 0 saturated heterocycles. The van der Waals surface area contributed by atoms with Crippen molar-refractivity contribution in [3.05, 3.63) is 24.3 Å². The van der Waals surface area contributed by atoms with Gasteiger partial charge in [-0.1, -0.05) is 38.2 Å². The highest BCUT2D eigenvalue weighted by Gasteiger charge is 2.28. The summed E-state index contributed by atoms with van der Waals surface area (Å²) in [6.07, 6.45) is 7.10. The molecule has 0 saturated carbocycles. The fourth-order valence-corrected chi connectivity index (χ4v) is 2.96. The Morgan fingerprint density at radius 2 is 1.29 bits per heavy atom. The van der Waals surface area contributed by atoms with Crippen molar-refractivity contribution < 1.29 is 34.8 Å². The molecule has 178 valence electrons. The zero-order valence-electron chi connectivity index (χ0n) is 19.2. The van der Waals surface area contributed by atoms with Crippen molar-refractivity contribution in [3.63, 3.8) is 0 Å². The van der Waals surface area contributed by atoms with Gasteiger partial charge in [-0.2, -0.15) is 0 Å². The summed E-state index contributed by atoms with van der Waals surface area (Å²) in [5.74, 6) is -3.10. The van der Waals surface area contributed by atoms with Crippen LogP contribution in [-0.2, 0) is 14.4 Å². The fourth-order valence-electron chi connectivity index (χ4n) is 2.96. The van der Waals surface area contributed by atoms with Gasteiger partial charge in [0.1, 0.15) is 11.9 Å². The van der Waals surface area contributed by atoms with Gasteiger partial charge >= 0.3 is 0 Å². The Morgan fingerprint density at radius 3 is 1.81 bits per heavy atom. The number of aliphatic hydroxyl groups excluding tert-OH is 4. The molecule has 0 rings (SSSR count). The number of rotatable bonds is 17. The quantitative estimate of drug-likeness (QED) is 0.201. The third-order valence-electron chi connectivity index (χ3n) is 5.29. The highest BCUT2D eigenvalue weighted by molar-refractivity contribution is 6.39. The first kappa shape index (κ1) is 29.3. The van der Waals surface area contributed by atoms with Crippen LogP contribution in [0.3, 0.4) is 0 Å². The maximum absolute atomic E-state index is 12.3. The van der Waals surface area contributed by atoms with Crippen LogP contribution >= 0.6 is 0 Å². The molecule has 0 fully saturated rings. The van der Waals surface area contributed by atoms with Crippen LogP contribution in [0.4, 0.5) is 0 Å². The molecule has 0 heterocycles. The van der Waals surface area contributed by atoms with Gasteiger partial charge in [0.2, 0.25) is 11.6 Å². The first-order valence-electron chi connectivity index (χ1n) is 11.1. The van der Waals surface area contributed by atoms with Crippen LogP contribution in [0.1, 0.15) is 72.6 Å². The molecular weight excluding hydrogens is 400 g/mol. The van der Waals surface area contributed by atoms with Gasteiger partial charge in [-0.25, -0.2) is 0 Å². The molecule has 0 amide bonds. The van der Waals surface area contributed by atoms with E-state index in [1.807, 2.05) is 24.3 Å². The lowest BCUT2D eigenvalue weighted by Gasteiger charge is -2.20. The molecule has 0 aromatic heterocycles. The molecule has 0 bridgehead atoms. The van der Waals surface area contributed by atoms with Crippen LogP contribution in [0.5, 0.6) is 0 Å². The average molecular weight is 441 g/mol. The number of allylic oxidation sites excluding steroid dienone is 4. The number of hydrogen-bond donors (Lipinski definition) is 4. The minimum atomic E-state index is -1.34. The first-order valence-corrected chi connectivity index (χ1v) is 11.1. The van der Waals surface area contributed by atoms with E-state index in [9.17, 15) is 29.7 Å². The molecule has 4 N–H and O–H groups in total. The van der Waals surface area contributed by atoms with Gasteiger partial charge in [0.15, 0.2) is 0 Å². The predicted octanol–water partition coefficient (Wildman–Crippen LogP) is 2.29. The Labute approximate surface area is 185 Å². The van der Waals surface area contributed by atoms with Gasteiger partial charge in [0, 0.05) is 18.3 Å². The van der Waals surface area contributed by atoms with Gasteiger partial charge in [-0.3, -0.25) is 14.4 Å². The minimum absolute atomic E-state index is 0.0503. The highest BCUT2D eigenvalue weighted by atomic mass is 16.3. The van der Waals surface area contributed by atoms with E-state index in [-0.39, 0.29) is 31.1 Å². The Hall–Kier alpha value is -1.67. The number of carbonyl (C=O) groups excluding carboxylic acids is 3. The van der Waals surface area contributed by atoms with Crippen molar-refractivity contribution in [1.29, 1.82) is 0 Å². The number of ketones is 3. The zero-order valence-corrected chi connectivity index (χ0v) is 19.2. The first-order chi connectivity index (χ1) is 14.5. The molecule has 0 aliphatic rings. The average Bonchev–Trinajstić information content (AvgIpc) is 2.71. The molecule has 31 heavy (non-hydrogen) atoms. The molecule has 0 aromatic rings. The number of aliphatic hydroxyl groups is 4. The molecule has 6 atom stereocenters. The second-order valence-electron chi connectivity index (χ2n) is 8.42. The van der Waals surface area contributed by atoms with Gasteiger partial charge in [-0.15, -0.1) is 0 Å². The summed E-state index contributed by atoms with van der Waals surface area (Å²) in [4.78, 5) is 35.7. The predicted molar refractivity (Wildman–Crippen MR) is 119 cm³/mol. The van der Waals surface area contributed by atoms with Crippen molar-refractivity contribution in [2.24, 2.45) is 11.8 Å². The van der Waals surface area contributed by atoms with E-state index in [2.05, 4.69) is 0 Å². The Balaban J connectivity index is 4.25. The van der Waals surface area contributed by atoms with Crippen molar-refractivity contribution in [1.82, 2.24) is 0 Å². The van der Waals surface area contributed by atoms with E-state index in [4.69, 9.17) is 5.11 Å². The summed E-state index contributed by atoms with van der Waals surface area (Å²) in [7, 11) is 0. The molecular formula is C24H40O7. The monoisotopic (exact) mass is 440 g/mol. The summed E-state index contributed by atoms with van der Waals surface area (Å²) in [5, 5.41) is 38.7. The summed E-state index contributed by atoms with van der Waals surface area (Å²) < 4.78 is 0. The molecule has 0 aliphatic carbocycles. The molecule has 1 unspecified atom stereocenters. The van der Waals surface area contributed by atoms with Gasteiger partial charge < -0.3 is 20.4 Å². The topological polar surface area (TPSA) is 132 Å². The number of Topliss-reactive ketones (excluding diaryl/α,β-unsaturated/α-hetero) is 3. The number of hydrogen-bond acceptors (Lipinski definition) is 7. The minimum Gasteiger partial charge on any atom is -0.393 e. The van der Waals surface area contributed by atoms with E-state index in [1.54, 1.807) is 20.8 Å². The van der Waals surface area contributed by atoms with Crippen molar-refractivity contribution in [2.75, 3.05) is 0 Å². The van der Waals surface area contributed by atoms with E-state index in [1.165, 1.54) is 6.92 Å². The standard InChI is InChI=1S/C24H40O7/c1-16(23(30)24(31)19(4)26)13-14-21(28)18(3)22(29)15-20(27)12-10-8-6-5-7-9-11-17(2)25/h5-8,16-21,25-28H,9-15H2,1-4H3/t16-,17+,18+,19?,20+,21+/m1/s1. The summed E-state index contributed by atoms with van der Waals surface area (Å²) >= 11 is 0. The number of carbonyl (C=O) groups is 3. The SMILES string of the molecule is CC(O)C(=O)C(=O)[C@H](C)CC[C@H](O)[C@H](C)C(=O)C[C@@H](O)CCC=CC=CCC[C@H](C)O. The third-order valence-corrected chi connectivity index (χ3v) is 5.29. The summed E-state index contributed by atoms with van der Waals surface area (Å²) in [6, 6.07) is 0. The normalized spacial score (nSPS) is 17.9. The molecule has 0 aromatic carbocycles. The molecule has 0 aliphatic heterocycles. The van der Waals surface area contributed by atoms with Crippen LogP contribution in [0.2, 0.25) is 0 Å². The van der Waals surface area contributed by atoms with E-state index >= 15 is 0 Å². The molecule has 7 nitrogen and oxygen atoms in total. The van der Waals surface area contributed by atoms with Crippen LogP contribution < -0.4 is 0 Å². The largest absolute Gasteiger partial charge is 0.393 e. The summed E-state index contributed by atoms with van der Waals surface area (Å²) in [6.45, 7) is 6.13. The molecule has 7 heteroatoms. The van der Waals surface area contributed by atoms with Gasteiger partial charge in [0.05, 0.1) is 18.3 Å². The smallest absolute Gasteiger partial charge is 0.226 e. The highest BCUT2D eigenvalue weighted by Crippen LogP contribution is 2.18. The van der Waals surface area contributed by atoms with Gasteiger partial charge in [-0.05, 0) is 52.4 Å². The lowest BCUT2D eigenvalue weighted by molar-refractivity contribution is -0.143. The fraction of sp³-hybridized carbons (Fsp3) is 0.708. The van der Waals surface area contributed by atoms with Crippen LogP contribution in [0.25, 0.3) is 0 Å². The van der Waals surface area contributed by atoms with Crippen LogP contribution in [0.15, 0.2) is 24.3 Å². The van der Waals surface area contributed by atoms with Gasteiger partial charge in [0.25, 0.3) is 0 Å². The zero-order chi connectivity index (χ0) is 24.0. The van der Waals surface area contributed by atoms with Crippen molar-refractivity contribution >= 4 is 17.3 Å². The maximum atomic E-state index is 12.3. The van der Waals surface area contributed by atoms with E-state index in [0.29, 0.717) is 19.3 Å². The van der Waals surface area contributed by atoms with E-state index in [0.717, 1.165) is 6.42 Å². The third kappa shape index (κ3) is 13.4. The molecule has 0 spiro atoms. The second-order valence-corrected chi connectivity index (χ2v) is 8.42. The van der Waals surface area contributed by atoms with E-state index < -0.39 is 41.7 Å². The van der Waals surface area contributed by atoms with Crippen molar-refractivity contribution in [2.45, 2.75) is 97.1 Å². The van der Waals surface area contributed by atoms with Crippen LogP contribution in [0, 0.1) is 11.8 Å². The Bertz CT molecular complexity index is 607. The maximum Gasteiger partial charge on any atom is 0.226 e. The lowest BCUT2D eigenvalue weighted by Crippen LogP contribution is -2.32. The van der Waals surface area contributed by atoms with Crippen LogP contribution in [-0.4, -0.2) is 62.2 Å². The second kappa shape index (κ2) is 16.0. The Morgan fingerprint density at radius 1 is 0.742 bits per heavy atom. The lowest BCUT2D eigenvalue weighted by atomic mass is 9.88.